The topological polar surface area (TPSA) is 55.4 Å². The molecule has 0 aliphatic heterocycles. The molecule has 0 aromatic carbocycles. The Bertz CT molecular complexity index is 492. The molecule has 0 aliphatic rings. The molecule has 0 saturated carbocycles. The van der Waals surface area contributed by atoms with Crippen molar-refractivity contribution in [3.63, 3.8) is 0 Å². The molecule has 4 nitrogen and oxygen atoms in total. The van der Waals surface area contributed by atoms with Crippen LogP contribution in [0.1, 0.15) is 6.42 Å². The molecule has 18 heavy (non-hydrogen) atoms. The number of hydrogen-bond acceptors (Lipinski definition) is 4. The van der Waals surface area contributed by atoms with Crippen molar-refractivity contribution in [3.8, 4) is 0 Å². The molecule has 1 heterocycles. The highest BCUT2D eigenvalue weighted by Crippen LogP contribution is 2.34. The lowest BCUT2D eigenvalue weighted by molar-refractivity contribution is 0.188. The van der Waals surface area contributed by atoms with Gasteiger partial charge in [-0.25, -0.2) is 13.1 Å². The van der Waals surface area contributed by atoms with Crippen molar-refractivity contribution in [1.82, 2.24) is 4.72 Å². The summed E-state index contributed by atoms with van der Waals surface area (Å²) in [6.45, 7) is 0.469. The van der Waals surface area contributed by atoms with E-state index in [9.17, 15) is 8.42 Å². The van der Waals surface area contributed by atoms with E-state index in [2.05, 4.69) is 20.7 Å². The zero-order valence-corrected chi connectivity index (χ0v) is 14.2. The molecule has 0 aliphatic carbocycles. The molecular formula is C9H12BrCl2NO3S2. The second-order valence-corrected chi connectivity index (χ2v) is 8.06. The summed E-state index contributed by atoms with van der Waals surface area (Å²) < 4.78 is 32.2. The first-order valence-electron chi connectivity index (χ1n) is 4.92. The summed E-state index contributed by atoms with van der Waals surface area (Å²) in [5.74, 6) is 0. The van der Waals surface area contributed by atoms with Crippen molar-refractivity contribution >= 4 is 60.5 Å². The molecule has 0 radical (unpaired) electrons. The first-order chi connectivity index (χ1) is 8.40. The quantitative estimate of drug-likeness (QED) is 0.720. The Hall–Kier alpha value is 0.630. The third kappa shape index (κ3) is 4.63. The van der Waals surface area contributed by atoms with Crippen molar-refractivity contribution in [2.45, 2.75) is 17.4 Å². The van der Waals surface area contributed by atoms with Crippen molar-refractivity contribution < 1.29 is 13.2 Å². The molecule has 1 rings (SSSR count). The van der Waals surface area contributed by atoms with E-state index in [1.54, 1.807) is 7.11 Å². The summed E-state index contributed by atoms with van der Waals surface area (Å²) >= 11 is 15.9. The number of nitrogens with one attached hydrogen (secondary N) is 1. The Morgan fingerprint density at radius 1 is 1.56 bits per heavy atom. The van der Waals surface area contributed by atoms with Crippen LogP contribution < -0.4 is 4.72 Å². The zero-order chi connectivity index (χ0) is 13.8. The van der Waals surface area contributed by atoms with E-state index in [1.165, 1.54) is 6.07 Å². The number of rotatable bonds is 7. The molecular weight excluding hydrogens is 385 g/mol. The molecule has 0 fully saturated rings. The van der Waals surface area contributed by atoms with Crippen LogP contribution in [0.2, 0.25) is 8.67 Å². The smallest absolute Gasteiger partial charge is 0.243 e. The molecule has 0 amide bonds. The lowest BCUT2D eigenvalue weighted by atomic mass is 10.3. The summed E-state index contributed by atoms with van der Waals surface area (Å²) in [5.41, 5.74) is 0. The first-order valence-corrected chi connectivity index (χ1v) is 9.10. The predicted octanol–water partition coefficient (Wildman–Crippen LogP) is 3.13. The number of hydrogen-bond donors (Lipinski definition) is 1. The van der Waals surface area contributed by atoms with Crippen molar-refractivity contribution in [2.24, 2.45) is 0 Å². The lowest BCUT2D eigenvalue weighted by Gasteiger charge is -2.15. The zero-order valence-electron chi connectivity index (χ0n) is 9.45. The Morgan fingerprint density at radius 3 is 2.67 bits per heavy atom. The molecule has 1 unspecified atom stereocenters. The average molecular weight is 397 g/mol. The fraction of sp³-hybridized carbons (Fsp3) is 0.556. The maximum Gasteiger partial charge on any atom is 0.243 e. The highest BCUT2D eigenvalue weighted by Gasteiger charge is 2.24. The normalized spacial score (nSPS) is 13.8. The van der Waals surface area contributed by atoms with Crippen LogP contribution in [-0.4, -0.2) is 33.5 Å². The maximum absolute atomic E-state index is 12.1. The van der Waals surface area contributed by atoms with Crippen molar-refractivity contribution in [2.75, 3.05) is 19.0 Å². The Balaban J connectivity index is 2.83. The van der Waals surface area contributed by atoms with E-state index in [-0.39, 0.29) is 15.3 Å². The number of halogens is 3. The predicted molar refractivity (Wildman–Crippen MR) is 78.7 cm³/mol. The van der Waals surface area contributed by atoms with Crippen LogP contribution in [0, 0.1) is 0 Å². The van der Waals surface area contributed by atoms with Crippen LogP contribution in [0.5, 0.6) is 0 Å². The summed E-state index contributed by atoms with van der Waals surface area (Å²) in [4.78, 5) is 0.0162. The van der Waals surface area contributed by atoms with Crippen LogP contribution in [0.4, 0.5) is 0 Å². The minimum Gasteiger partial charge on any atom is -0.385 e. The minimum absolute atomic E-state index is 0.0162. The third-order valence-electron chi connectivity index (χ3n) is 2.09. The number of thiophene rings is 1. The molecule has 1 aromatic rings. The van der Waals surface area contributed by atoms with Crippen molar-refractivity contribution in [1.29, 1.82) is 0 Å². The van der Waals surface area contributed by atoms with Gasteiger partial charge >= 0.3 is 0 Å². The fourth-order valence-electron chi connectivity index (χ4n) is 1.22. The highest BCUT2D eigenvalue weighted by atomic mass is 79.9. The Morgan fingerprint density at radius 2 is 2.22 bits per heavy atom. The number of methoxy groups -OCH3 is 1. The van der Waals surface area contributed by atoms with Crippen LogP contribution >= 0.6 is 50.5 Å². The monoisotopic (exact) mass is 395 g/mol. The van der Waals surface area contributed by atoms with Crippen LogP contribution in [0.25, 0.3) is 0 Å². The van der Waals surface area contributed by atoms with Gasteiger partial charge in [-0.05, 0) is 12.5 Å². The molecule has 1 N–H and O–H groups in total. The average Bonchev–Trinajstić information content (AvgIpc) is 2.64. The highest BCUT2D eigenvalue weighted by molar-refractivity contribution is 9.09. The Kier molecular flexibility index (Phi) is 6.88. The van der Waals surface area contributed by atoms with E-state index < -0.39 is 10.0 Å². The van der Waals surface area contributed by atoms with Gasteiger partial charge in [-0.15, -0.1) is 11.3 Å². The first kappa shape index (κ1) is 16.7. The molecule has 9 heteroatoms. The van der Waals surface area contributed by atoms with Gasteiger partial charge in [0.2, 0.25) is 10.0 Å². The van der Waals surface area contributed by atoms with Gasteiger partial charge in [-0.1, -0.05) is 39.1 Å². The van der Waals surface area contributed by atoms with E-state index in [0.29, 0.717) is 22.7 Å². The third-order valence-corrected chi connectivity index (χ3v) is 6.15. The maximum atomic E-state index is 12.1. The molecule has 104 valence electrons. The van der Waals surface area contributed by atoms with Gasteiger partial charge in [0.05, 0.1) is 4.34 Å². The second kappa shape index (κ2) is 7.42. The van der Waals surface area contributed by atoms with E-state index in [4.69, 9.17) is 27.9 Å². The van der Waals surface area contributed by atoms with Gasteiger partial charge in [0.25, 0.3) is 0 Å². The van der Waals surface area contributed by atoms with Gasteiger partial charge in [0.15, 0.2) is 0 Å². The van der Waals surface area contributed by atoms with Gasteiger partial charge in [-0.2, -0.15) is 0 Å². The molecule has 0 bridgehead atoms. The van der Waals surface area contributed by atoms with Crippen LogP contribution in [-0.2, 0) is 14.8 Å². The van der Waals surface area contributed by atoms with Crippen LogP contribution in [0.3, 0.4) is 0 Å². The van der Waals surface area contributed by atoms with Crippen molar-refractivity contribution in [3.05, 3.63) is 14.7 Å². The molecule has 0 spiro atoms. The largest absolute Gasteiger partial charge is 0.385 e. The molecule has 0 saturated heterocycles. The van der Waals surface area contributed by atoms with E-state index in [0.717, 1.165) is 11.3 Å². The van der Waals surface area contributed by atoms with Gasteiger partial charge in [-0.3, -0.25) is 0 Å². The number of alkyl halides is 1. The van der Waals surface area contributed by atoms with Gasteiger partial charge in [0, 0.05) is 25.1 Å². The summed E-state index contributed by atoms with van der Waals surface area (Å²) in [6.07, 6.45) is 0.566. The van der Waals surface area contributed by atoms with E-state index >= 15 is 0 Å². The summed E-state index contributed by atoms with van der Waals surface area (Å²) in [6, 6.07) is 1.09. The van der Waals surface area contributed by atoms with E-state index in [1.807, 2.05) is 0 Å². The fourth-order valence-corrected chi connectivity index (χ4v) is 5.34. The number of sulfonamides is 1. The SMILES string of the molecule is COCCC(CBr)NS(=O)(=O)c1cc(Cl)sc1Cl. The number of ether oxygens (including phenoxy) is 1. The summed E-state index contributed by atoms with van der Waals surface area (Å²) in [7, 11) is -2.09. The van der Waals surface area contributed by atoms with Crippen LogP contribution in [0.15, 0.2) is 11.0 Å². The molecule has 1 atom stereocenters. The van der Waals surface area contributed by atoms with Gasteiger partial charge < -0.3 is 4.74 Å². The van der Waals surface area contributed by atoms with Gasteiger partial charge in [0.1, 0.15) is 9.23 Å². The minimum atomic E-state index is -3.65. The second-order valence-electron chi connectivity index (χ2n) is 3.44. The lowest BCUT2D eigenvalue weighted by Crippen LogP contribution is -2.36. The summed E-state index contributed by atoms with van der Waals surface area (Å²) in [5, 5.41) is 0.491. The molecule has 1 aromatic heterocycles. The Labute approximate surface area is 129 Å². The standard InChI is InChI=1S/C9H12BrCl2NO3S2/c1-16-3-2-6(5-10)13-18(14,15)7-4-8(11)17-9(7)12/h4,6,13H,2-3,5H2,1H3.